The Morgan fingerprint density at radius 3 is 1.35 bits per heavy atom. The van der Waals surface area contributed by atoms with Crippen LogP contribution in [-0.2, 0) is 19.4 Å². The normalized spacial score (nSPS) is 13.3. The molecule has 0 bridgehead atoms. The zero-order valence-corrected chi connectivity index (χ0v) is 21.4. The molecule has 168 valence electrons. The lowest BCUT2D eigenvalue weighted by Crippen LogP contribution is -2.22. The minimum Gasteiger partial charge on any atom is -0.325 e. The highest BCUT2D eigenvalue weighted by Crippen LogP contribution is 2.24. The van der Waals surface area contributed by atoms with Gasteiger partial charge in [-0.25, -0.2) is 8.42 Å². The number of carbonyl (C=O) groups is 2. The van der Waals surface area contributed by atoms with E-state index in [0.29, 0.717) is 24.2 Å². The van der Waals surface area contributed by atoms with E-state index < -0.39 is 9.84 Å². The van der Waals surface area contributed by atoms with Gasteiger partial charge in [0.05, 0.1) is 19.4 Å². The van der Waals surface area contributed by atoms with E-state index in [1.54, 1.807) is 24.3 Å². The van der Waals surface area contributed by atoms with Crippen LogP contribution in [0.25, 0.3) is 0 Å². The molecule has 9 heteroatoms. The van der Waals surface area contributed by atoms with Gasteiger partial charge in [-0.05, 0) is 61.4 Å². The number of nitrogens with one attached hydrogen (secondary N) is 2. The smallest absolute Gasteiger partial charge is 0.238 e. The number of hydrogen-bond donors (Lipinski definition) is 2. The van der Waals surface area contributed by atoms with Gasteiger partial charge in [0.15, 0.2) is 0 Å². The number of alkyl halides is 2. The first-order valence-corrected chi connectivity index (χ1v) is 13.4. The molecule has 0 spiro atoms. The highest BCUT2D eigenvalue weighted by Gasteiger charge is 2.19. The summed E-state index contributed by atoms with van der Waals surface area (Å²) in [6, 6.07) is 12.1. The third-order valence-electron chi connectivity index (χ3n) is 4.52. The van der Waals surface area contributed by atoms with Crippen molar-refractivity contribution in [2.75, 3.05) is 10.6 Å². The van der Waals surface area contributed by atoms with Gasteiger partial charge in [-0.2, -0.15) is 0 Å². The van der Waals surface area contributed by atoms with Crippen LogP contribution in [-0.4, -0.2) is 29.9 Å². The first kappa shape index (κ1) is 25.5. The van der Waals surface area contributed by atoms with E-state index >= 15 is 0 Å². The molecule has 0 fully saturated rings. The van der Waals surface area contributed by atoms with Crippen LogP contribution in [0.3, 0.4) is 0 Å². The minimum absolute atomic E-state index is 0.120. The molecule has 2 unspecified atom stereocenters. The summed E-state index contributed by atoms with van der Waals surface area (Å²) < 4.78 is 25.8. The number of carbonyl (C=O) groups excluding carboxylic acids is 2. The van der Waals surface area contributed by atoms with Crippen molar-refractivity contribution in [2.24, 2.45) is 0 Å². The lowest BCUT2D eigenvalue weighted by Gasteiger charge is -2.12. The van der Waals surface area contributed by atoms with Crippen LogP contribution in [0.15, 0.2) is 58.3 Å². The van der Waals surface area contributed by atoms with Crippen LogP contribution in [0.4, 0.5) is 11.4 Å². The Kier molecular flexibility index (Phi) is 9.71. The van der Waals surface area contributed by atoms with Gasteiger partial charge in [0.2, 0.25) is 21.7 Å². The lowest BCUT2D eigenvalue weighted by atomic mass is 10.2. The van der Waals surface area contributed by atoms with Gasteiger partial charge in [-0.15, -0.1) is 0 Å². The molecule has 0 radical (unpaired) electrons. The molecule has 0 saturated heterocycles. The van der Waals surface area contributed by atoms with Crippen LogP contribution < -0.4 is 10.6 Å². The minimum atomic E-state index is -3.72. The molecule has 6 nitrogen and oxygen atoms in total. The fourth-order valence-electron chi connectivity index (χ4n) is 2.78. The summed E-state index contributed by atoms with van der Waals surface area (Å²) >= 11 is 6.67. The van der Waals surface area contributed by atoms with E-state index in [0.717, 1.165) is 12.8 Å². The van der Waals surface area contributed by atoms with Crippen LogP contribution in [0.1, 0.15) is 39.5 Å². The van der Waals surface area contributed by atoms with E-state index in [9.17, 15) is 18.0 Å². The van der Waals surface area contributed by atoms with E-state index in [4.69, 9.17) is 0 Å². The number of halogens is 2. The number of sulfone groups is 1. The first-order chi connectivity index (χ1) is 14.7. The van der Waals surface area contributed by atoms with Crippen LogP contribution in [0.5, 0.6) is 0 Å². The third-order valence-corrected chi connectivity index (χ3v) is 8.05. The maximum absolute atomic E-state index is 12.9. The molecule has 2 aromatic carbocycles. The van der Waals surface area contributed by atoms with E-state index in [-0.39, 0.29) is 31.3 Å². The second-order valence-corrected chi connectivity index (χ2v) is 11.2. The van der Waals surface area contributed by atoms with Crippen molar-refractivity contribution in [2.45, 2.75) is 59.0 Å². The van der Waals surface area contributed by atoms with Crippen LogP contribution >= 0.6 is 31.9 Å². The van der Waals surface area contributed by atoms with E-state index in [2.05, 4.69) is 42.5 Å². The Labute approximate surface area is 200 Å². The maximum Gasteiger partial charge on any atom is 0.238 e. The predicted molar refractivity (Wildman–Crippen MR) is 131 cm³/mol. The van der Waals surface area contributed by atoms with Crippen molar-refractivity contribution in [3.63, 3.8) is 0 Å². The molecular formula is C22H26Br2N2O4S. The van der Waals surface area contributed by atoms with Crippen molar-refractivity contribution < 1.29 is 18.0 Å². The second kappa shape index (κ2) is 11.8. The summed E-state index contributed by atoms with van der Waals surface area (Å²) in [5.74, 6) is -0.334. The fourth-order valence-corrected chi connectivity index (χ4v) is 5.19. The quantitative estimate of drug-likeness (QED) is 0.366. The number of rotatable bonds is 10. The molecule has 31 heavy (non-hydrogen) atoms. The van der Waals surface area contributed by atoms with E-state index in [1.165, 1.54) is 24.3 Å². The van der Waals surface area contributed by atoms with Gasteiger partial charge in [-0.1, -0.05) is 58.5 Å². The number of hydrogen-bond acceptors (Lipinski definition) is 4. The number of anilines is 2. The van der Waals surface area contributed by atoms with Crippen LogP contribution in [0, 0.1) is 0 Å². The molecule has 0 aliphatic carbocycles. The van der Waals surface area contributed by atoms with E-state index in [1.807, 2.05) is 13.8 Å². The van der Waals surface area contributed by atoms with Gasteiger partial charge in [0.1, 0.15) is 0 Å². The molecule has 2 rings (SSSR count). The molecule has 2 aromatic rings. The fraction of sp³-hybridized carbons (Fsp3) is 0.364. The Balaban J connectivity index is 2.09. The lowest BCUT2D eigenvalue weighted by molar-refractivity contribution is -0.116. The van der Waals surface area contributed by atoms with Crippen molar-refractivity contribution in [3.05, 3.63) is 48.5 Å². The molecule has 0 saturated carbocycles. The summed E-state index contributed by atoms with van der Waals surface area (Å²) in [7, 11) is -3.72. The van der Waals surface area contributed by atoms with Crippen molar-refractivity contribution in [1.29, 1.82) is 0 Å². The molecule has 2 amide bonds. The maximum atomic E-state index is 12.9. The second-order valence-electron chi connectivity index (χ2n) is 7.04. The molecule has 2 atom stereocenters. The van der Waals surface area contributed by atoms with Crippen molar-refractivity contribution in [3.8, 4) is 0 Å². The molecule has 0 heterocycles. The van der Waals surface area contributed by atoms with Gasteiger partial charge >= 0.3 is 0 Å². The Morgan fingerprint density at radius 1 is 0.742 bits per heavy atom. The van der Waals surface area contributed by atoms with Crippen molar-refractivity contribution >= 4 is 64.9 Å². The summed E-state index contributed by atoms with van der Waals surface area (Å²) in [5, 5.41) is 5.53. The highest BCUT2D eigenvalue weighted by molar-refractivity contribution is 9.10. The predicted octanol–water partition coefficient (Wildman–Crippen LogP) is 5.52. The third kappa shape index (κ3) is 7.15. The standard InChI is InChI=1S/C22H26Br2N2O4S/c1-3-5-19(23)21(27)25-15-7-11-17(12-8-15)31(29,30)18-13-9-16(10-14-18)26-22(28)20(24)6-4-2/h7-14,19-20H,3-6H2,1-2H3,(H,25,27)(H,26,28). The van der Waals surface area contributed by atoms with Gasteiger partial charge in [0.25, 0.3) is 0 Å². The average Bonchev–Trinajstić information content (AvgIpc) is 2.74. The highest BCUT2D eigenvalue weighted by atomic mass is 79.9. The molecule has 2 N–H and O–H groups in total. The van der Waals surface area contributed by atoms with Gasteiger partial charge in [0, 0.05) is 11.4 Å². The Hall–Kier alpha value is -1.71. The Morgan fingerprint density at radius 2 is 1.06 bits per heavy atom. The van der Waals surface area contributed by atoms with Crippen molar-refractivity contribution in [1.82, 2.24) is 0 Å². The molecule has 0 aliphatic heterocycles. The largest absolute Gasteiger partial charge is 0.325 e. The SMILES string of the molecule is CCCC(Br)C(=O)Nc1ccc(S(=O)(=O)c2ccc(NC(=O)C(Br)CCC)cc2)cc1. The summed E-state index contributed by atoms with van der Waals surface area (Å²) in [6.07, 6.45) is 3.17. The zero-order valence-electron chi connectivity index (χ0n) is 17.4. The zero-order chi connectivity index (χ0) is 23.0. The molecule has 0 aromatic heterocycles. The van der Waals surface area contributed by atoms with Crippen LogP contribution in [0.2, 0.25) is 0 Å². The number of amides is 2. The van der Waals surface area contributed by atoms with Gasteiger partial charge in [-0.3, -0.25) is 9.59 Å². The summed E-state index contributed by atoms with van der Waals surface area (Å²) in [4.78, 5) is 23.8. The first-order valence-electron chi connectivity index (χ1n) is 10.0. The van der Waals surface area contributed by atoms with Gasteiger partial charge < -0.3 is 10.6 Å². The molecule has 0 aliphatic rings. The topological polar surface area (TPSA) is 92.3 Å². The monoisotopic (exact) mass is 572 g/mol. The average molecular weight is 574 g/mol. The Bertz CT molecular complexity index is 918. The number of benzene rings is 2. The summed E-state index contributed by atoms with van der Waals surface area (Å²) in [6.45, 7) is 3.99. The summed E-state index contributed by atoms with van der Waals surface area (Å²) in [5.41, 5.74) is 1.05. The molecular weight excluding hydrogens is 548 g/mol.